The summed E-state index contributed by atoms with van der Waals surface area (Å²) in [6, 6.07) is 5.67. The Balaban J connectivity index is 2.67. The van der Waals surface area contributed by atoms with Crippen molar-refractivity contribution in [1.29, 1.82) is 0 Å². The summed E-state index contributed by atoms with van der Waals surface area (Å²) in [5.74, 6) is 2.35. The summed E-state index contributed by atoms with van der Waals surface area (Å²) in [5, 5.41) is 4.39. The molecule has 1 heterocycles. The predicted octanol–water partition coefficient (Wildman–Crippen LogP) is 1.91. The second-order valence-electron chi connectivity index (χ2n) is 4.30. The Bertz CT molecular complexity index is 560. The van der Waals surface area contributed by atoms with Gasteiger partial charge in [0, 0.05) is 11.6 Å². The average Bonchev–Trinajstić information content (AvgIpc) is 2.67. The van der Waals surface area contributed by atoms with E-state index >= 15 is 0 Å². The highest BCUT2D eigenvalue weighted by Gasteiger charge is 2.16. The first-order valence-electron chi connectivity index (χ1n) is 5.87. The molecule has 0 radical (unpaired) electrons. The van der Waals surface area contributed by atoms with Gasteiger partial charge < -0.3 is 10.5 Å². The van der Waals surface area contributed by atoms with Crippen LogP contribution < -0.4 is 10.5 Å². The zero-order valence-electron chi connectivity index (χ0n) is 11.1. The maximum atomic E-state index is 6.04. The van der Waals surface area contributed by atoms with Crippen LogP contribution in [0.3, 0.4) is 0 Å². The number of nitrogens with zero attached hydrogens (tertiary/aromatic N) is 3. The molecule has 2 aromatic rings. The van der Waals surface area contributed by atoms with Crippen LogP contribution in [-0.4, -0.2) is 21.9 Å². The molecule has 0 saturated heterocycles. The van der Waals surface area contributed by atoms with Gasteiger partial charge in [-0.15, -0.1) is 0 Å². The minimum Gasteiger partial charge on any atom is -0.496 e. The van der Waals surface area contributed by atoms with E-state index in [4.69, 9.17) is 10.5 Å². The standard InChI is InChI=1S/C13H18N4O/c1-8(14)13-11(6-5-7-12(13)18-4)17-10(3)15-9(2)16-17/h5-8H,14H2,1-4H3. The van der Waals surface area contributed by atoms with E-state index in [1.54, 1.807) is 11.8 Å². The molecule has 1 atom stereocenters. The molecule has 0 fully saturated rings. The Morgan fingerprint density at radius 2 is 2.06 bits per heavy atom. The SMILES string of the molecule is COc1cccc(-n2nc(C)nc2C)c1C(C)N. The zero-order chi connectivity index (χ0) is 13.3. The molecule has 0 aliphatic heterocycles. The summed E-state index contributed by atoms with van der Waals surface area (Å²) in [6.07, 6.45) is 0. The molecule has 5 nitrogen and oxygen atoms in total. The maximum Gasteiger partial charge on any atom is 0.148 e. The second-order valence-corrected chi connectivity index (χ2v) is 4.30. The molecular formula is C13H18N4O. The number of ether oxygens (including phenoxy) is 1. The van der Waals surface area contributed by atoms with Gasteiger partial charge in [-0.25, -0.2) is 9.67 Å². The highest BCUT2D eigenvalue weighted by molar-refractivity contribution is 5.51. The lowest BCUT2D eigenvalue weighted by atomic mass is 10.1. The van der Waals surface area contributed by atoms with Crippen molar-refractivity contribution < 1.29 is 4.74 Å². The lowest BCUT2D eigenvalue weighted by Gasteiger charge is -2.17. The summed E-state index contributed by atoms with van der Waals surface area (Å²) >= 11 is 0. The van der Waals surface area contributed by atoms with Gasteiger partial charge in [0.2, 0.25) is 0 Å². The number of aromatic nitrogens is 3. The third-order valence-corrected chi connectivity index (χ3v) is 2.82. The number of rotatable bonds is 3. The van der Waals surface area contributed by atoms with Crippen molar-refractivity contribution in [2.24, 2.45) is 5.73 Å². The van der Waals surface area contributed by atoms with Crippen LogP contribution in [0.1, 0.15) is 30.2 Å². The van der Waals surface area contributed by atoms with Crippen LogP contribution in [-0.2, 0) is 0 Å². The third-order valence-electron chi connectivity index (χ3n) is 2.82. The molecule has 96 valence electrons. The number of hydrogen-bond acceptors (Lipinski definition) is 4. The van der Waals surface area contributed by atoms with E-state index in [-0.39, 0.29) is 6.04 Å². The monoisotopic (exact) mass is 246 g/mol. The Kier molecular flexibility index (Phi) is 3.34. The molecule has 0 saturated carbocycles. The van der Waals surface area contributed by atoms with Crippen molar-refractivity contribution in [3.8, 4) is 11.4 Å². The van der Waals surface area contributed by atoms with E-state index in [2.05, 4.69) is 10.1 Å². The van der Waals surface area contributed by atoms with Crippen LogP contribution in [0, 0.1) is 13.8 Å². The minimum absolute atomic E-state index is 0.139. The first-order valence-corrected chi connectivity index (χ1v) is 5.87. The smallest absolute Gasteiger partial charge is 0.148 e. The van der Waals surface area contributed by atoms with Crippen molar-refractivity contribution in [3.63, 3.8) is 0 Å². The van der Waals surface area contributed by atoms with Gasteiger partial charge in [-0.05, 0) is 32.9 Å². The summed E-state index contributed by atoms with van der Waals surface area (Å²) in [4.78, 5) is 4.31. The van der Waals surface area contributed by atoms with Crippen molar-refractivity contribution in [1.82, 2.24) is 14.8 Å². The Hall–Kier alpha value is -1.88. The largest absolute Gasteiger partial charge is 0.496 e. The molecule has 2 rings (SSSR count). The van der Waals surface area contributed by atoms with E-state index in [1.807, 2.05) is 39.0 Å². The second kappa shape index (κ2) is 4.78. The summed E-state index contributed by atoms with van der Waals surface area (Å²) in [6.45, 7) is 5.72. The van der Waals surface area contributed by atoms with Gasteiger partial charge in [0.15, 0.2) is 0 Å². The lowest BCUT2D eigenvalue weighted by molar-refractivity contribution is 0.406. The summed E-state index contributed by atoms with van der Waals surface area (Å²) in [7, 11) is 1.64. The molecule has 0 bridgehead atoms. The van der Waals surface area contributed by atoms with E-state index in [0.717, 1.165) is 28.6 Å². The van der Waals surface area contributed by atoms with Crippen LogP contribution in [0.15, 0.2) is 18.2 Å². The van der Waals surface area contributed by atoms with Crippen molar-refractivity contribution in [2.75, 3.05) is 7.11 Å². The Morgan fingerprint density at radius 1 is 1.33 bits per heavy atom. The number of hydrogen-bond donors (Lipinski definition) is 1. The molecule has 1 aromatic heterocycles. The molecule has 5 heteroatoms. The molecule has 18 heavy (non-hydrogen) atoms. The highest BCUT2D eigenvalue weighted by atomic mass is 16.5. The van der Waals surface area contributed by atoms with Crippen molar-refractivity contribution in [3.05, 3.63) is 35.4 Å². The molecule has 0 aliphatic carbocycles. The molecule has 0 aliphatic rings. The molecule has 2 N–H and O–H groups in total. The van der Waals surface area contributed by atoms with Gasteiger partial charge in [-0.2, -0.15) is 5.10 Å². The van der Waals surface area contributed by atoms with Crippen LogP contribution in [0.25, 0.3) is 5.69 Å². The predicted molar refractivity (Wildman–Crippen MR) is 70.0 cm³/mol. The van der Waals surface area contributed by atoms with E-state index < -0.39 is 0 Å². The van der Waals surface area contributed by atoms with Crippen molar-refractivity contribution in [2.45, 2.75) is 26.8 Å². The highest BCUT2D eigenvalue weighted by Crippen LogP contribution is 2.30. The van der Waals surface area contributed by atoms with Gasteiger partial charge in [-0.1, -0.05) is 6.07 Å². The Morgan fingerprint density at radius 3 is 2.56 bits per heavy atom. The summed E-state index contributed by atoms with van der Waals surface area (Å²) < 4.78 is 7.18. The van der Waals surface area contributed by atoms with Gasteiger partial charge in [0.25, 0.3) is 0 Å². The number of methoxy groups -OCH3 is 1. The first-order chi connectivity index (χ1) is 8.54. The van der Waals surface area contributed by atoms with Gasteiger partial charge >= 0.3 is 0 Å². The quantitative estimate of drug-likeness (QED) is 0.898. The molecule has 0 spiro atoms. The van der Waals surface area contributed by atoms with Gasteiger partial charge in [0.1, 0.15) is 17.4 Å². The fourth-order valence-corrected chi connectivity index (χ4v) is 2.10. The fourth-order valence-electron chi connectivity index (χ4n) is 2.10. The van der Waals surface area contributed by atoms with Gasteiger partial charge in [0.05, 0.1) is 12.8 Å². The topological polar surface area (TPSA) is 66.0 Å². The normalized spacial score (nSPS) is 12.5. The number of benzene rings is 1. The number of aryl methyl sites for hydroxylation is 2. The van der Waals surface area contributed by atoms with E-state index in [0.29, 0.717) is 0 Å². The van der Waals surface area contributed by atoms with Crippen LogP contribution >= 0.6 is 0 Å². The first kappa shape index (κ1) is 12.6. The molecular weight excluding hydrogens is 228 g/mol. The molecule has 1 unspecified atom stereocenters. The van der Waals surface area contributed by atoms with Crippen molar-refractivity contribution >= 4 is 0 Å². The van der Waals surface area contributed by atoms with Crippen LogP contribution in [0.2, 0.25) is 0 Å². The molecule has 0 amide bonds. The third kappa shape index (κ3) is 2.09. The lowest BCUT2D eigenvalue weighted by Crippen LogP contribution is -2.13. The number of nitrogens with two attached hydrogens (primary N) is 1. The maximum absolute atomic E-state index is 6.04. The van der Waals surface area contributed by atoms with Crippen LogP contribution in [0.5, 0.6) is 5.75 Å². The minimum atomic E-state index is -0.139. The Labute approximate surface area is 107 Å². The zero-order valence-corrected chi connectivity index (χ0v) is 11.1. The van der Waals surface area contributed by atoms with Crippen LogP contribution in [0.4, 0.5) is 0 Å². The average molecular weight is 246 g/mol. The van der Waals surface area contributed by atoms with E-state index in [9.17, 15) is 0 Å². The summed E-state index contributed by atoms with van der Waals surface area (Å²) in [5.41, 5.74) is 7.90. The van der Waals surface area contributed by atoms with Gasteiger partial charge in [-0.3, -0.25) is 0 Å². The molecule has 1 aromatic carbocycles. The van der Waals surface area contributed by atoms with E-state index in [1.165, 1.54) is 0 Å². The fraction of sp³-hybridized carbons (Fsp3) is 0.385.